The van der Waals surface area contributed by atoms with E-state index in [-0.39, 0.29) is 12.3 Å². The molecule has 0 aliphatic rings. The first-order valence-corrected chi connectivity index (χ1v) is 6.20. The van der Waals surface area contributed by atoms with Crippen molar-refractivity contribution in [1.29, 1.82) is 0 Å². The lowest BCUT2D eigenvalue weighted by Crippen LogP contribution is -2.08. The van der Waals surface area contributed by atoms with Crippen LogP contribution < -0.4 is 5.73 Å². The largest absolute Gasteiger partial charge is 0.456 e. The molecule has 6 heteroatoms. The van der Waals surface area contributed by atoms with Gasteiger partial charge in [0.15, 0.2) is 5.69 Å². The molecular weight excluding hydrogens is 266 g/mol. The van der Waals surface area contributed by atoms with Crippen LogP contribution in [0.1, 0.15) is 16.1 Å². The van der Waals surface area contributed by atoms with E-state index in [4.69, 9.17) is 22.1 Å². The molecule has 1 aromatic heterocycles. The standard InChI is InChI=1S/C13H14ClN3O2/c14-11-3-1-2-10(6-11)8-19-13(18)12-7-17(5-4-15)9-16-12/h1-3,6-7,9H,4-5,8,15H2. The normalized spacial score (nSPS) is 10.4. The Kier molecular flexibility index (Phi) is 4.54. The van der Waals surface area contributed by atoms with Gasteiger partial charge in [0, 0.05) is 24.3 Å². The molecule has 0 atom stereocenters. The summed E-state index contributed by atoms with van der Waals surface area (Å²) in [4.78, 5) is 15.7. The van der Waals surface area contributed by atoms with Gasteiger partial charge in [0.1, 0.15) is 6.61 Å². The maximum Gasteiger partial charge on any atom is 0.358 e. The maximum absolute atomic E-state index is 11.8. The molecule has 0 aliphatic carbocycles. The van der Waals surface area contributed by atoms with Crippen molar-refractivity contribution in [1.82, 2.24) is 9.55 Å². The molecule has 5 nitrogen and oxygen atoms in total. The van der Waals surface area contributed by atoms with Gasteiger partial charge in [-0.25, -0.2) is 9.78 Å². The summed E-state index contributed by atoms with van der Waals surface area (Å²) in [6.07, 6.45) is 3.18. The van der Waals surface area contributed by atoms with Gasteiger partial charge >= 0.3 is 5.97 Å². The highest BCUT2D eigenvalue weighted by molar-refractivity contribution is 6.30. The van der Waals surface area contributed by atoms with Gasteiger partial charge in [-0.1, -0.05) is 23.7 Å². The Balaban J connectivity index is 1.93. The second-order valence-corrected chi connectivity index (χ2v) is 4.43. The first-order valence-electron chi connectivity index (χ1n) is 5.82. The third kappa shape index (κ3) is 3.81. The van der Waals surface area contributed by atoms with Crippen LogP contribution in [-0.2, 0) is 17.9 Å². The summed E-state index contributed by atoms with van der Waals surface area (Å²) >= 11 is 5.85. The Morgan fingerprint density at radius 3 is 3.05 bits per heavy atom. The molecule has 0 spiro atoms. The van der Waals surface area contributed by atoms with Gasteiger partial charge in [-0.3, -0.25) is 0 Å². The van der Waals surface area contributed by atoms with E-state index in [1.807, 2.05) is 12.1 Å². The SMILES string of the molecule is NCCn1cnc(C(=O)OCc2cccc(Cl)c2)c1. The van der Waals surface area contributed by atoms with Crippen LogP contribution in [0.5, 0.6) is 0 Å². The summed E-state index contributed by atoms with van der Waals surface area (Å²) < 4.78 is 6.90. The van der Waals surface area contributed by atoms with Crippen LogP contribution in [0, 0.1) is 0 Å². The third-order valence-corrected chi connectivity index (χ3v) is 2.72. The minimum absolute atomic E-state index is 0.170. The Morgan fingerprint density at radius 2 is 2.32 bits per heavy atom. The van der Waals surface area contributed by atoms with Gasteiger partial charge in [0.05, 0.1) is 6.33 Å². The molecule has 1 heterocycles. The van der Waals surface area contributed by atoms with Crippen molar-refractivity contribution in [3.8, 4) is 0 Å². The zero-order valence-electron chi connectivity index (χ0n) is 10.3. The first kappa shape index (κ1) is 13.6. The summed E-state index contributed by atoms with van der Waals surface area (Å²) in [5.74, 6) is -0.462. The number of ether oxygens (including phenoxy) is 1. The number of hydrogen-bond acceptors (Lipinski definition) is 4. The number of halogens is 1. The zero-order valence-corrected chi connectivity index (χ0v) is 11.0. The number of nitrogens with zero attached hydrogens (tertiary/aromatic N) is 2. The van der Waals surface area contributed by atoms with Crippen molar-refractivity contribution in [3.63, 3.8) is 0 Å². The number of rotatable bonds is 5. The van der Waals surface area contributed by atoms with Crippen LogP contribution in [0.25, 0.3) is 0 Å². The van der Waals surface area contributed by atoms with Gasteiger partial charge < -0.3 is 15.0 Å². The molecule has 1 aromatic carbocycles. The van der Waals surface area contributed by atoms with Gasteiger partial charge in [-0.05, 0) is 17.7 Å². The summed E-state index contributed by atoms with van der Waals surface area (Å²) in [5, 5.41) is 0.612. The van der Waals surface area contributed by atoms with Crippen molar-refractivity contribution in [3.05, 3.63) is 53.1 Å². The van der Waals surface area contributed by atoms with E-state index in [9.17, 15) is 4.79 Å². The molecule has 0 saturated heterocycles. The number of carbonyl (C=O) groups is 1. The Bertz CT molecular complexity index is 569. The van der Waals surface area contributed by atoms with Crippen LogP contribution in [0.15, 0.2) is 36.8 Å². The summed E-state index contributed by atoms with van der Waals surface area (Å²) in [7, 11) is 0. The van der Waals surface area contributed by atoms with Crippen LogP contribution in [-0.4, -0.2) is 22.1 Å². The average molecular weight is 280 g/mol. The number of esters is 1. The highest BCUT2D eigenvalue weighted by atomic mass is 35.5. The van der Waals surface area contributed by atoms with Crippen LogP contribution in [0.2, 0.25) is 5.02 Å². The van der Waals surface area contributed by atoms with Gasteiger partial charge in [-0.2, -0.15) is 0 Å². The van der Waals surface area contributed by atoms with E-state index in [0.717, 1.165) is 5.56 Å². The second-order valence-electron chi connectivity index (χ2n) is 3.99. The van der Waals surface area contributed by atoms with E-state index in [2.05, 4.69) is 4.98 Å². The quantitative estimate of drug-likeness (QED) is 0.848. The number of aromatic nitrogens is 2. The van der Waals surface area contributed by atoms with E-state index in [1.54, 1.807) is 29.2 Å². The minimum Gasteiger partial charge on any atom is -0.456 e. The monoisotopic (exact) mass is 279 g/mol. The van der Waals surface area contributed by atoms with Crippen LogP contribution in [0.3, 0.4) is 0 Å². The Morgan fingerprint density at radius 1 is 1.47 bits per heavy atom. The maximum atomic E-state index is 11.8. The van der Waals surface area contributed by atoms with E-state index >= 15 is 0 Å². The molecule has 2 rings (SSSR count). The summed E-state index contributed by atoms with van der Waals surface area (Å²) in [6.45, 7) is 1.28. The fourth-order valence-electron chi connectivity index (χ4n) is 1.59. The van der Waals surface area contributed by atoms with Crippen molar-refractivity contribution in [2.45, 2.75) is 13.2 Å². The van der Waals surface area contributed by atoms with Crippen molar-refractivity contribution < 1.29 is 9.53 Å². The fourth-order valence-corrected chi connectivity index (χ4v) is 1.80. The summed E-state index contributed by atoms with van der Waals surface area (Å²) in [5.41, 5.74) is 6.53. The molecular formula is C13H14ClN3O2. The molecule has 100 valence electrons. The van der Waals surface area contributed by atoms with Gasteiger partial charge in [0.25, 0.3) is 0 Å². The number of imidazole rings is 1. The van der Waals surface area contributed by atoms with E-state index < -0.39 is 5.97 Å². The highest BCUT2D eigenvalue weighted by Gasteiger charge is 2.10. The molecule has 2 N–H and O–H groups in total. The predicted molar refractivity (Wildman–Crippen MR) is 71.9 cm³/mol. The molecule has 19 heavy (non-hydrogen) atoms. The lowest BCUT2D eigenvalue weighted by Gasteiger charge is -2.03. The smallest absolute Gasteiger partial charge is 0.358 e. The van der Waals surface area contributed by atoms with Gasteiger partial charge in [-0.15, -0.1) is 0 Å². The summed E-state index contributed by atoms with van der Waals surface area (Å²) in [6, 6.07) is 7.16. The molecule has 0 aliphatic heterocycles. The molecule has 0 radical (unpaired) electrons. The first-order chi connectivity index (χ1) is 9.19. The van der Waals surface area contributed by atoms with E-state index in [1.165, 1.54) is 0 Å². The van der Waals surface area contributed by atoms with Crippen LogP contribution >= 0.6 is 11.6 Å². The average Bonchev–Trinajstić information content (AvgIpc) is 2.85. The van der Waals surface area contributed by atoms with Crippen molar-refractivity contribution >= 4 is 17.6 Å². The molecule has 0 unspecified atom stereocenters. The molecule has 0 saturated carbocycles. The number of carbonyl (C=O) groups excluding carboxylic acids is 1. The fraction of sp³-hybridized carbons (Fsp3) is 0.231. The number of nitrogens with two attached hydrogens (primary N) is 1. The van der Waals surface area contributed by atoms with Crippen molar-refractivity contribution in [2.24, 2.45) is 5.73 Å². The topological polar surface area (TPSA) is 70.1 Å². The lowest BCUT2D eigenvalue weighted by atomic mass is 10.2. The Hall–Kier alpha value is -1.85. The molecule has 0 bridgehead atoms. The number of hydrogen-bond donors (Lipinski definition) is 1. The van der Waals surface area contributed by atoms with Crippen LogP contribution in [0.4, 0.5) is 0 Å². The third-order valence-electron chi connectivity index (χ3n) is 2.49. The van der Waals surface area contributed by atoms with Gasteiger partial charge in [0.2, 0.25) is 0 Å². The Labute approximate surface area is 116 Å². The zero-order chi connectivity index (χ0) is 13.7. The number of benzene rings is 1. The minimum atomic E-state index is -0.462. The molecule has 0 amide bonds. The second kappa shape index (κ2) is 6.36. The molecule has 0 fully saturated rings. The molecule has 2 aromatic rings. The predicted octanol–water partition coefficient (Wildman–Crippen LogP) is 1.85. The lowest BCUT2D eigenvalue weighted by molar-refractivity contribution is 0.0466. The highest BCUT2D eigenvalue weighted by Crippen LogP contribution is 2.12. The van der Waals surface area contributed by atoms with E-state index in [0.29, 0.717) is 18.1 Å². The van der Waals surface area contributed by atoms with Crippen molar-refractivity contribution in [2.75, 3.05) is 6.54 Å².